The maximum atomic E-state index is 12.9. The molecule has 0 spiro atoms. The van der Waals surface area contributed by atoms with Gasteiger partial charge in [-0.15, -0.1) is 0 Å². The lowest BCUT2D eigenvalue weighted by Crippen LogP contribution is -2.30. The zero-order valence-electron chi connectivity index (χ0n) is 17.8. The SMILES string of the molecule is CCN(CC)S(=O)(=O)c1ccc(N(C)C)c(NC(=O)Cc2cccc(C(F)(F)F)c2)c1. The molecule has 1 N–H and O–H groups in total. The van der Waals surface area contributed by atoms with Crippen molar-refractivity contribution < 1.29 is 26.4 Å². The number of carbonyl (C=O) groups is 1. The molecule has 0 fully saturated rings. The molecule has 0 heterocycles. The van der Waals surface area contributed by atoms with Crippen LogP contribution >= 0.6 is 0 Å². The molecule has 0 atom stereocenters. The number of carbonyl (C=O) groups excluding carboxylic acids is 1. The van der Waals surface area contributed by atoms with Crippen molar-refractivity contribution in [3.05, 3.63) is 53.6 Å². The maximum absolute atomic E-state index is 12.9. The van der Waals surface area contributed by atoms with Gasteiger partial charge in [-0.1, -0.05) is 32.0 Å². The molecule has 0 radical (unpaired) electrons. The van der Waals surface area contributed by atoms with E-state index in [4.69, 9.17) is 0 Å². The van der Waals surface area contributed by atoms with Crippen molar-refractivity contribution in [2.75, 3.05) is 37.4 Å². The molecule has 2 rings (SSSR count). The van der Waals surface area contributed by atoms with E-state index in [-0.39, 0.29) is 22.6 Å². The molecular weight excluding hydrogens is 431 g/mol. The van der Waals surface area contributed by atoms with Gasteiger partial charge in [0.05, 0.1) is 28.3 Å². The average Bonchev–Trinajstić information content (AvgIpc) is 2.68. The van der Waals surface area contributed by atoms with Gasteiger partial charge in [-0.25, -0.2) is 8.42 Å². The number of nitrogens with zero attached hydrogens (tertiary/aromatic N) is 2. The van der Waals surface area contributed by atoms with Crippen molar-refractivity contribution in [3.63, 3.8) is 0 Å². The Morgan fingerprint density at radius 1 is 1.03 bits per heavy atom. The number of anilines is 2. The minimum Gasteiger partial charge on any atom is -0.376 e. The van der Waals surface area contributed by atoms with Crippen molar-refractivity contribution in [2.45, 2.75) is 31.3 Å². The van der Waals surface area contributed by atoms with E-state index in [2.05, 4.69) is 5.32 Å². The summed E-state index contributed by atoms with van der Waals surface area (Å²) in [6.07, 6.45) is -4.79. The monoisotopic (exact) mass is 457 g/mol. The summed E-state index contributed by atoms with van der Waals surface area (Å²) >= 11 is 0. The highest BCUT2D eigenvalue weighted by Crippen LogP contribution is 2.31. The number of alkyl halides is 3. The predicted molar refractivity (Wildman–Crippen MR) is 115 cm³/mol. The van der Waals surface area contributed by atoms with Crippen LogP contribution in [0.25, 0.3) is 0 Å². The van der Waals surface area contributed by atoms with Gasteiger partial charge < -0.3 is 10.2 Å². The number of rotatable bonds is 8. The molecule has 10 heteroatoms. The third-order valence-electron chi connectivity index (χ3n) is 4.69. The molecule has 0 saturated carbocycles. The number of sulfonamides is 1. The zero-order chi connectivity index (χ0) is 23.4. The van der Waals surface area contributed by atoms with Gasteiger partial charge in [-0.2, -0.15) is 17.5 Å². The van der Waals surface area contributed by atoms with Gasteiger partial charge in [-0.3, -0.25) is 4.79 Å². The number of hydrogen-bond donors (Lipinski definition) is 1. The zero-order valence-corrected chi connectivity index (χ0v) is 18.6. The van der Waals surface area contributed by atoms with Gasteiger partial charge in [0, 0.05) is 27.2 Å². The highest BCUT2D eigenvalue weighted by molar-refractivity contribution is 7.89. The molecule has 0 saturated heterocycles. The van der Waals surface area contributed by atoms with Crippen LogP contribution in [-0.2, 0) is 27.4 Å². The maximum Gasteiger partial charge on any atom is 0.416 e. The lowest BCUT2D eigenvalue weighted by molar-refractivity contribution is -0.137. The Kier molecular flexibility index (Phi) is 7.72. The van der Waals surface area contributed by atoms with Gasteiger partial charge in [0.2, 0.25) is 15.9 Å². The average molecular weight is 458 g/mol. The molecule has 0 bridgehead atoms. The highest BCUT2D eigenvalue weighted by atomic mass is 32.2. The van der Waals surface area contributed by atoms with E-state index >= 15 is 0 Å². The molecule has 0 unspecified atom stereocenters. The van der Waals surface area contributed by atoms with E-state index in [1.807, 2.05) is 0 Å². The predicted octanol–water partition coefficient (Wildman–Crippen LogP) is 3.98. The largest absolute Gasteiger partial charge is 0.416 e. The summed E-state index contributed by atoms with van der Waals surface area (Å²) in [4.78, 5) is 14.3. The normalized spacial score (nSPS) is 12.1. The quantitative estimate of drug-likeness (QED) is 0.651. The lowest BCUT2D eigenvalue weighted by atomic mass is 10.1. The lowest BCUT2D eigenvalue weighted by Gasteiger charge is -2.22. The topological polar surface area (TPSA) is 69.7 Å². The summed E-state index contributed by atoms with van der Waals surface area (Å²) in [5, 5.41) is 2.64. The number of nitrogens with one attached hydrogen (secondary N) is 1. The van der Waals surface area contributed by atoms with Crippen LogP contribution in [0.2, 0.25) is 0 Å². The van der Waals surface area contributed by atoms with E-state index in [1.54, 1.807) is 38.9 Å². The Hall–Kier alpha value is -2.59. The minimum absolute atomic E-state index is 0.0242. The van der Waals surface area contributed by atoms with Crippen LogP contribution in [0.5, 0.6) is 0 Å². The molecule has 0 aliphatic rings. The molecule has 6 nitrogen and oxygen atoms in total. The number of benzene rings is 2. The Morgan fingerprint density at radius 2 is 1.68 bits per heavy atom. The van der Waals surface area contributed by atoms with Crippen LogP contribution in [0.1, 0.15) is 25.0 Å². The minimum atomic E-state index is -4.50. The molecule has 1 amide bonds. The van der Waals surface area contributed by atoms with Crippen LogP contribution in [0.4, 0.5) is 24.5 Å². The van der Waals surface area contributed by atoms with Gasteiger partial charge >= 0.3 is 6.18 Å². The second-order valence-corrected chi connectivity index (χ2v) is 9.02. The molecule has 0 aliphatic carbocycles. The van der Waals surface area contributed by atoms with E-state index in [1.165, 1.54) is 28.6 Å². The molecule has 31 heavy (non-hydrogen) atoms. The van der Waals surface area contributed by atoms with Crippen molar-refractivity contribution in [2.24, 2.45) is 0 Å². The highest BCUT2D eigenvalue weighted by Gasteiger charge is 2.30. The summed E-state index contributed by atoms with van der Waals surface area (Å²) in [5.74, 6) is -0.556. The first-order valence-corrected chi connectivity index (χ1v) is 11.1. The Morgan fingerprint density at radius 3 is 2.23 bits per heavy atom. The second kappa shape index (κ2) is 9.69. The van der Waals surface area contributed by atoms with Crippen molar-refractivity contribution in [1.82, 2.24) is 4.31 Å². The Balaban J connectivity index is 2.34. The third-order valence-corrected chi connectivity index (χ3v) is 6.73. The number of halogens is 3. The van der Waals surface area contributed by atoms with E-state index in [0.29, 0.717) is 18.8 Å². The van der Waals surface area contributed by atoms with Crippen molar-refractivity contribution >= 4 is 27.3 Å². The standard InChI is InChI=1S/C21H26F3N3O3S/c1-5-27(6-2)31(29,30)17-10-11-19(26(3)4)18(14-17)25-20(28)13-15-8-7-9-16(12-15)21(22,23)24/h7-12,14H,5-6,13H2,1-4H3,(H,25,28). The fraction of sp³-hybridized carbons (Fsp3) is 0.381. The summed E-state index contributed by atoms with van der Waals surface area (Å²) in [7, 11) is -0.279. The van der Waals surface area contributed by atoms with Gasteiger partial charge in [0.1, 0.15) is 0 Å². The van der Waals surface area contributed by atoms with Crippen LogP contribution in [0, 0.1) is 0 Å². The summed E-state index contributed by atoms with van der Waals surface area (Å²) in [6.45, 7) is 4.05. The molecular formula is C21H26F3N3O3S. The van der Waals surface area contributed by atoms with Crippen LogP contribution in [0.3, 0.4) is 0 Å². The smallest absolute Gasteiger partial charge is 0.376 e. The van der Waals surface area contributed by atoms with Gasteiger partial charge in [0.15, 0.2) is 0 Å². The third kappa shape index (κ3) is 5.98. The Labute approximate surface area is 180 Å². The molecule has 0 aliphatic heterocycles. The summed E-state index contributed by atoms with van der Waals surface area (Å²) in [6, 6.07) is 8.95. The Bertz CT molecular complexity index is 1030. The fourth-order valence-electron chi connectivity index (χ4n) is 3.12. The van der Waals surface area contributed by atoms with Crippen LogP contribution in [-0.4, -0.2) is 45.8 Å². The van der Waals surface area contributed by atoms with Crippen LogP contribution in [0.15, 0.2) is 47.4 Å². The molecule has 170 valence electrons. The van der Waals surface area contributed by atoms with Crippen molar-refractivity contribution in [3.8, 4) is 0 Å². The molecule has 2 aromatic carbocycles. The van der Waals surface area contributed by atoms with Gasteiger partial charge in [0.25, 0.3) is 0 Å². The fourth-order valence-corrected chi connectivity index (χ4v) is 4.60. The first-order valence-electron chi connectivity index (χ1n) is 9.67. The summed E-state index contributed by atoms with van der Waals surface area (Å²) < 4.78 is 65.7. The van der Waals surface area contributed by atoms with E-state index < -0.39 is 27.7 Å². The van der Waals surface area contributed by atoms with Gasteiger partial charge in [-0.05, 0) is 29.8 Å². The molecule has 2 aromatic rings. The molecule has 0 aromatic heterocycles. The first-order chi connectivity index (χ1) is 14.4. The van der Waals surface area contributed by atoms with E-state index in [0.717, 1.165) is 12.1 Å². The second-order valence-electron chi connectivity index (χ2n) is 7.09. The van der Waals surface area contributed by atoms with E-state index in [9.17, 15) is 26.4 Å². The summed E-state index contributed by atoms with van der Waals surface area (Å²) in [5.41, 5.74) is 0.191. The number of hydrogen-bond acceptors (Lipinski definition) is 4. The van der Waals surface area contributed by atoms with Crippen molar-refractivity contribution in [1.29, 1.82) is 0 Å². The van der Waals surface area contributed by atoms with Crippen LogP contribution < -0.4 is 10.2 Å². The first kappa shape index (κ1) is 24.7. The number of amides is 1.